The Morgan fingerprint density at radius 1 is 1.40 bits per heavy atom. The molecule has 0 spiro atoms. The number of benzene rings is 1. The molecule has 2 atom stereocenters. The van der Waals surface area contributed by atoms with Crippen LogP contribution in [0.4, 0.5) is 0 Å². The van der Waals surface area contributed by atoms with Crippen LogP contribution < -0.4 is 0 Å². The molecule has 0 aromatic heterocycles. The van der Waals surface area contributed by atoms with Crippen molar-refractivity contribution in [1.82, 2.24) is 0 Å². The summed E-state index contributed by atoms with van der Waals surface area (Å²) >= 11 is 0. The number of rotatable bonds is 6. The van der Waals surface area contributed by atoms with Crippen LogP contribution in [0.5, 0.6) is 0 Å². The summed E-state index contributed by atoms with van der Waals surface area (Å²) in [7, 11) is 0. The quantitative estimate of drug-likeness (QED) is 0.667. The van der Waals surface area contributed by atoms with E-state index in [-0.39, 0.29) is 6.10 Å². The zero-order valence-corrected chi connectivity index (χ0v) is 9.19. The SMILES string of the molecule is CCC[C@@H](OC[C@@H]1CO1)c1ccccc1. The first-order valence-corrected chi connectivity index (χ1v) is 5.68. The lowest BCUT2D eigenvalue weighted by molar-refractivity contribution is 0.0359. The highest BCUT2D eigenvalue weighted by Crippen LogP contribution is 2.24. The molecule has 2 heteroatoms. The van der Waals surface area contributed by atoms with Crippen molar-refractivity contribution in [2.75, 3.05) is 13.2 Å². The summed E-state index contributed by atoms with van der Waals surface area (Å²) in [6, 6.07) is 10.4. The van der Waals surface area contributed by atoms with Crippen molar-refractivity contribution in [2.24, 2.45) is 0 Å². The molecule has 15 heavy (non-hydrogen) atoms. The fourth-order valence-electron chi connectivity index (χ4n) is 1.66. The van der Waals surface area contributed by atoms with Gasteiger partial charge in [0.15, 0.2) is 0 Å². The highest BCUT2D eigenvalue weighted by molar-refractivity contribution is 5.17. The van der Waals surface area contributed by atoms with Crippen LogP contribution >= 0.6 is 0 Å². The van der Waals surface area contributed by atoms with E-state index in [0.717, 1.165) is 26.1 Å². The fourth-order valence-corrected chi connectivity index (χ4v) is 1.66. The maximum Gasteiger partial charge on any atom is 0.104 e. The highest BCUT2D eigenvalue weighted by atomic mass is 16.6. The molecule has 0 unspecified atom stereocenters. The van der Waals surface area contributed by atoms with Gasteiger partial charge in [-0.1, -0.05) is 43.7 Å². The summed E-state index contributed by atoms with van der Waals surface area (Å²) in [6.45, 7) is 3.79. The van der Waals surface area contributed by atoms with Gasteiger partial charge in [-0.2, -0.15) is 0 Å². The summed E-state index contributed by atoms with van der Waals surface area (Å²) < 4.78 is 11.0. The largest absolute Gasteiger partial charge is 0.371 e. The summed E-state index contributed by atoms with van der Waals surface area (Å²) in [6.07, 6.45) is 2.82. The minimum absolute atomic E-state index is 0.236. The van der Waals surface area contributed by atoms with Gasteiger partial charge in [0.1, 0.15) is 6.10 Å². The molecule has 1 aromatic carbocycles. The van der Waals surface area contributed by atoms with Crippen molar-refractivity contribution < 1.29 is 9.47 Å². The van der Waals surface area contributed by atoms with E-state index in [4.69, 9.17) is 9.47 Å². The van der Waals surface area contributed by atoms with Gasteiger partial charge >= 0.3 is 0 Å². The smallest absolute Gasteiger partial charge is 0.104 e. The molecule has 0 aliphatic carbocycles. The molecule has 0 radical (unpaired) electrons. The van der Waals surface area contributed by atoms with Gasteiger partial charge in [0.05, 0.1) is 19.3 Å². The molecule has 0 saturated carbocycles. The Bertz CT molecular complexity index is 280. The minimum atomic E-state index is 0.236. The number of epoxide rings is 1. The molecule has 1 fully saturated rings. The molecule has 0 bridgehead atoms. The fraction of sp³-hybridized carbons (Fsp3) is 0.538. The van der Waals surface area contributed by atoms with E-state index in [1.807, 2.05) is 6.07 Å². The molecule has 2 rings (SSSR count). The topological polar surface area (TPSA) is 21.8 Å². The van der Waals surface area contributed by atoms with Crippen LogP contribution in [0.25, 0.3) is 0 Å². The predicted octanol–water partition coefficient (Wildman–Crippen LogP) is 2.94. The lowest BCUT2D eigenvalue weighted by Gasteiger charge is -2.16. The second kappa shape index (κ2) is 5.29. The second-order valence-corrected chi connectivity index (χ2v) is 3.98. The average molecular weight is 206 g/mol. The van der Waals surface area contributed by atoms with Crippen LogP contribution in [-0.2, 0) is 9.47 Å². The van der Waals surface area contributed by atoms with E-state index < -0.39 is 0 Å². The van der Waals surface area contributed by atoms with Crippen molar-refractivity contribution in [3.8, 4) is 0 Å². The van der Waals surface area contributed by atoms with Crippen LogP contribution in [0.15, 0.2) is 30.3 Å². The molecule has 1 aliphatic rings. The minimum Gasteiger partial charge on any atom is -0.371 e. The molecule has 82 valence electrons. The van der Waals surface area contributed by atoms with Crippen LogP contribution in [0.3, 0.4) is 0 Å². The Kier molecular flexibility index (Phi) is 3.75. The maximum absolute atomic E-state index is 5.87. The molecule has 0 N–H and O–H groups in total. The van der Waals surface area contributed by atoms with Crippen molar-refractivity contribution in [3.05, 3.63) is 35.9 Å². The first-order valence-electron chi connectivity index (χ1n) is 5.68. The van der Waals surface area contributed by atoms with E-state index in [0.29, 0.717) is 6.10 Å². The average Bonchev–Trinajstić information content (AvgIpc) is 3.09. The molecule has 1 aliphatic heterocycles. The summed E-state index contributed by atoms with van der Waals surface area (Å²) in [5.41, 5.74) is 1.28. The molecule has 1 heterocycles. The Hall–Kier alpha value is -0.860. The van der Waals surface area contributed by atoms with Crippen molar-refractivity contribution in [2.45, 2.75) is 32.0 Å². The first kappa shape index (κ1) is 10.7. The molecular formula is C13H18O2. The van der Waals surface area contributed by atoms with E-state index in [1.54, 1.807) is 0 Å². The number of hydrogen-bond donors (Lipinski definition) is 0. The monoisotopic (exact) mass is 206 g/mol. The Labute approximate surface area is 91.2 Å². The molecule has 1 aromatic rings. The van der Waals surface area contributed by atoms with Gasteiger partial charge in [-0.25, -0.2) is 0 Å². The molecule has 1 saturated heterocycles. The van der Waals surface area contributed by atoms with Crippen molar-refractivity contribution >= 4 is 0 Å². The molecule has 2 nitrogen and oxygen atoms in total. The molecular weight excluding hydrogens is 188 g/mol. The van der Waals surface area contributed by atoms with Gasteiger partial charge in [0, 0.05) is 0 Å². The zero-order valence-electron chi connectivity index (χ0n) is 9.19. The second-order valence-electron chi connectivity index (χ2n) is 3.98. The van der Waals surface area contributed by atoms with E-state index in [9.17, 15) is 0 Å². The predicted molar refractivity (Wildman–Crippen MR) is 59.8 cm³/mol. The van der Waals surface area contributed by atoms with Crippen molar-refractivity contribution in [3.63, 3.8) is 0 Å². The third-order valence-corrected chi connectivity index (χ3v) is 2.61. The summed E-state index contributed by atoms with van der Waals surface area (Å²) in [5, 5.41) is 0. The van der Waals surface area contributed by atoms with E-state index >= 15 is 0 Å². The Morgan fingerprint density at radius 3 is 2.73 bits per heavy atom. The Morgan fingerprint density at radius 2 is 2.13 bits per heavy atom. The van der Waals surface area contributed by atoms with Crippen LogP contribution in [-0.4, -0.2) is 19.3 Å². The van der Waals surface area contributed by atoms with E-state index in [2.05, 4.69) is 31.2 Å². The zero-order chi connectivity index (χ0) is 10.5. The van der Waals surface area contributed by atoms with Crippen LogP contribution in [0, 0.1) is 0 Å². The van der Waals surface area contributed by atoms with Gasteiger partial charge in [-0.15, -0.1) is 0 Å². The highest BCUT2D eigenvalue weighted by Gasteiger charge is 2.24. The van der Waals surface area contributed by atoms with E-state index in [1.165, 1.54) is 5.56 Å². The summed E-state index contributed by atoms with van der Waals surface area (Å²) in [5.74, 6) is 0. The molecule has 0 amide bonds. The van der Waals surface area contributed by atoms with Gasteiger partial charge in [0.2, 0.25) is 0 Å². The van der Waals surface area contributed by atoms with Crippen molar-refractivity contribution in [1.29, 1.82) is 0 Å². The van der Waals surface area contributed by atoms with Gasteiger partial charge in [0.25, 0.3) is 0 Å². The lowest BCUT2D eigenvalue weighted by Crippen LogP contribution is -2.08. The summed E-state index contributed by atoms with van der Waals surface area (Å²) in [4.78, 5) is 0. The van der Waals surface area contributed by atoms with Crippen LogP contribution in [0.2, 0.25) is 0 Å². The van der Waals surface area contributed by atoms with Crippen LogP contribution in [0.1, 0.15) is 31.4 Å². The third kappa shape index (κ3) is 3.33. The normalized spacial score (nSPS) is 21.3. The first-order chi connectivity index (χ1) is 7.40. The lowest BCUT2D eigenvalue weighted by atomic mass is 10.1. The Balaban J connectivity index is 1.91. The number of hydrogen-bond acceptors (Lipinski definition) is 2. The number of ether oxygens (including phenoxy) is 2. The van der Waals surface area contributed by atoms with Gasteiger partial charge in [-0.3, -0.25) is 0 Å². The standard InChI is InChI=1S/C13H18O2/c1-2-6-13(15-10-12-9-14-12)11-7-4-3-5-8-11/h3-5,7-8,12-13H,2,6,9-10H2,1H3/t12-,13+/m0/s1. The maximum atomic E-state index is 5.87. The van der Waals surface area contributed by atoms with Gasteiger partial charge in [-0.05, 0) is 12.0 Å². The third-order valence-electron chi connectivity index (χ3n) is 2.61. The van der Waals surface area contributed by atoms with Gasteiger partial charge < -0.3 is 9.47 Å².